The summed E-state index contributed by atoms with van der Waals surface area (Å²) >= 11 is 25.6. The summed E-state index contributed by atoms with van der Waals surface area (Å²) in [5, 5.41) is 5.29. The minimum absolute atomic E-state index is 0.214. The number of carbonyl (C=O) groups excluding carboxylic acids is 2. The Labute approximate surface area is 158 Å². The van der Waals surface area contributed by atoms with Crippen molar-refractivity contribution < 1.29 is 9.59 Å². The van der Waals surface area contributed by atoms with E-state index in [0.717, 1.165) is 12.8 Å². The molecule has 0 aromatic heterocycles. The van der Waals surface area contributed by atoms with Crippen LogP contribution in [0.4, 0.5) is 0 Å². The second kappa shape index (κ2) is 9.40. The Hall–Kier alpha value is 1.25. The second-order valence-corrected chi connectivity index (χ2v) is 13.3. The number of halogens is 6. The Morgan fingerprint density at radius 1 is 1.10 bits per heavy atom. The van der Waals surface area contributed by atoms with Gasteiger partial charge in [0.15, 0.2) is 0 Å². The van der Waals surface area contributed by atoms with Crippen LogP contribution in [0.2, 0.25) is 0 Å². The molecule has 0 heterocycles. The van der Waals surface area contributed by atoms with E-state index in [9.17, 15) is 9.59 Å². The Morgan fingerprint density at radius 2 is 1.65 bits per heavy atom. The van der Waals surface area contributed by atoms with Crippen LogP contribution in [0.25, 0.3) is 0 Å². The van der Waals surface area contributed by atoms with Gasteiger partial charge in [-0.05, 0) is 66.5 Å². The fourth-order valence-electron chi connectivity index (χ4n) is 1.22. The molecule has 2 N–H and O–H groups in total. The summed E-state index contributed by atoms with van der Waals surface area (Å²) in [6.07, 6.45) is 1.55. The van der Waals surface area contributed by atoms with E-state index >= 15 is 0 Å². The molecule has 0 saturated carbocycles. The highest BCUT2D eigenvalue weighted by molar-refractivity contribution is 9.40. The molecule has 1 atom stereocenters. The lowest BCUT2D eigenvalue weighted by Crippen LogP contribution is -2.37. The first-order valence-electron chi connectivity index (χ1n) is 5.64. The van der Waals surface area contributed by atoms with E-state index in [1.54, 1.807) is 0 Å². The minimum atomic E-state index is -1.93. The zero-order valence-corrected chi connectivity index (χ0v) is 17.5. The van der Waals surface area contributed by atoms with E-state index in [0.29, 0.717) is 13.1 Å². The van der Waals surface area contributed by atoms with Crippen LogP contribution in [-0.2, 0) is 9.59 Å². The first-order valence-corrected chi connectivity index (χ1v) is 9.16. The summed E-state index contributed by atoms with van der Waals surface area (Å²) in [5.74, 6) is -0.585. The van der Waals surface area contributed by atoms with Gasteiger partial charge >= 0.3 is 0 Å². The second-order valence-electron chi connectivity index (χ2n) is 4.21. The first kappa shape index (κ1) is 21.2. The van der Waals surface area contributed by atoms with Crippen molar-refractivity contribution in [3.8, 4) is 0 Å². The Balaban J connectivity index is 3.78. The van der Waals surface area contributed by atoms with Crippen LogP contribution in [0.5, 0.6) is 0 Å². The lowest BCUT2D eigenvalue weighted by atomic mass is 10.1. The van der Waals surface area contributed by atoms with Crippen molar-refractivity contribution in [1.82, 2.24) is 10.6 Å². The van der Waals surface area contributed by atoms with E-state index in [2.05, 4.69) is 58.4 Å². The molecule has 0 radical (unpaired) electrons. The molecular formula is C10H14Br3Cl3N2O2. The summed E-state index contributed by atoms with van der Waals surface area (Å²) in [6.45, 7) is 2.95. The van der Waals surface area contributed by atoms with Crippen LogP contribution in [-0.4, -0.2) is 30.8 Å². The molecule has 0 fully saturated rings. The third-order valence-corrected chi connectivity index (χ3v) is 3.88. The fraction of sp³-hybridized carbons (Fsp3) is 0.800. The van der Waals surface area contributed by atoms with Crippen LogP contribution in [0.3, 0.4) is 0 Å². The zero-order valence-electron chi connectivity index (χ0n) is 10.5. The van der Waals surface area contributed by atoms with E-state index in [1.807, 2.05) is 6.92 Å². The van der Waals surface area contributed by atoms with Crippen LogP contribution < -0.4 is 10.6 Å². The van der Waals surface area contributed by atoms with E-state index in [-0.39, 0.29) is 11.8 Å². The molecule has 0 bridgehead atoms. The molecule has 118 valence electrons. The van der Waals surface area contributed by atoms with Gasteiger partial charge in [0.05, 0.1) is 0 Å². The van der Waals surface area contributed by atoms with Crippen LogP contribution in [0.15, 0.2) is 0 Å². The van der Waals surface area contributed by atoms with Gasteiger partial charge in [0.2, 0.25) is 2.14 Å². The van der Waals surface area contributed by atoms with E-state index < -0.39 is 11.8 Å². The molecule has 0 rings (SSSR count). The summed E-state index contributed by atoms with van der Waals surface area (Å²) < 4.78 is -2.87. The van der Waals surface area contributed by atoms with Crippen molar-refractivity contribution in [2.75, 3.05) is 13.1 Å². The third kappa shape index (κ3) is 10.1. The summed E-state index contributed by atoms with van der Waals surface area (Å²) in [5.41, 5.74) is 0. The number of hydrogen-bond acceptors (Lipinski definition) is 2. The standard InChI is InChI=1S/C10H14Br3Cl3N2O2/c1-6(5-18-7(19)9(11,12)13)3-2-4-17-8(20)10(14,15)16/h6H,2-5H2,1H3,(H,17,20)(H,18,19). The Bertz CT molecular complexity index is 346. The molecule has 20 heavy (non-hydrogen) atoms. The van der Waals surface area contributed by atoms with Crippen LogP contribution in [0, 0.1) is 5.92 Å². The molecule has 0 aliphatic heterocycles. The summed E-state index contributed by atoms with van der Waals surface area (Å²) in [4.78, 5) is 22.8. The normalized spacial score (nSPS) is 13.8. The van der Waals surface area contributed by atoms with Gasteiger partial charge in [-0.3, -0.25) is 9.59 Å². The average molecular weight is 540 g/mol. The van der Waals surface area contributed by atoms with Crippen molar-refractivity contribution in [3.05, 3.63) is 0 Å². The molecule has 4 nitrogen and oxygen atoms in total. The first-order chi connectivity index (χ1) is 8.94. The Kier molecular flexibility index (Phi) is 9.99. The lowest BCUT2D eigenvalue weighted by Gasteiger charge is -2.16. The fourth-order valence-corrected chi connectivity index (χ4v) is 1.84. The monoisotopic (exact) mass is 536 g/mol. The lowest BCUT2D eigenvalue weighted by molar-refractivity contribution is -0.120. The van der Waals surface area contributed by atoms with Gasteiger partial charge in [0.1, 0.15) is 0 Å². The molecule has 0 aliphatic rings. The Morgan fingerprint density at radius 3 is 2.10 bits per heavy atom. The van der Waals surface area contributed by atoms with Crippen molar-refractivity contribution in [3.63, 3.8) is 0 Å². The quantitative estimate of drug-likeness (QED) is 0.398. The van der Waals surface area contributed by atoms with Gasteiger partial charge in [0.25, 0.3) is 15.6 Å². The summed E-state index contributed by atoms with van der Waals surface area (Å²) in [6, 6.07) is 0. The van der Waals surface area contributed by atoms with Crippen molar-refractivity contribution in [2.24, 2.45) is 5.92 Å². The van der Waals surface area contributed by atoms with Gasteiger partial charge in [-0.15, -0.1) is 0 Å². The van der Waals surface area contributed by atoms with Gasteiger partial charge < -0.3 is 10.6 Å². The number of rotatable bonds is 6. The predicted octanol–water partition coefficient (Wildman–Crippen LogP) is 3.84. The maximum atomic E-state index is 11.5. The van der Waals surface area contributed by atoms with E-state index in [1.165, 1.54) is 0 Å². The molecule has 2 amide bonds. The van der Waals surface area contributed by atoms with Gasteiger partial charge in [-0.1, -0.05) is 41.7 Å². The highest BCUT2D eigenvalue weighted by Crippen LogP contribution is 2.33. The van der Waals surface area contributed by atoms with Crippen molar-refractivity contribution in [1.29, 1.82) is 0 Å². The predicted molar refractivity (Wildman–Crippen MR) is 94.2 cm³/mol. The minimum Gasteiger partial charge on any atom is -0.353 e. The van der Waals surface area contributed by atoms with Gasteiger partial charge in [-0.2, -0.15) is 0 Å². The van der Waals surface area contributed by atoms with Crippen LogP contribution >= 0.6 is 82.6 Å². The van der Waals surface area contributed by atoms with Crippen LogP contribution in [0.1, 0.15) is 19.8 Å². The maximum absolute atomic E-state index is 11.5. The number of amides is 2. The van der Waals surface area contributed by atoms with E-state index in [4.69, 9.17) is 34.8 Å². The molecule has 0 spiro atoms. The third-order valence-electron chi connectivity index (χ3n) is 2.29. The summed E-state index contributed by atoms with van der Waals surface area (Å²) in [7, 11) is 0. The highest BCUT2D eigenvalue weighted by atomic mass is 80.0. The number of alkyl halides is 6. The average Bonchev–Trinajstić information content (AvgIpc) is 2.28. The zero-order chi connectivity index (χ0) is 16.0. The molecular weight excluding hydrogens is 526 g/mol. The van der Waals surface area contributed by atoms with Gasteiger partial charge in [-0.25, -0.2) is 0 Å². The van der Waals surface area contributed by atoms with Crippen molar-refractivity contribution >= 4 is 94.4 Å². The molecule has 0 saturated heterocycles. The SMILES string of the molecule is CC(CCCNC(=O)C(Cl)(Cl)Cl)CNC(=O)C(Br)(Br)Br. The largest absolute Gasteiger partial charge is 0.353 e. The molecule has 0 aromatic carbocycles. The number of nitrogens with one attached hydrogen (secondary N) is 2. The molecule has 1 unspecified atom stereocenters. The van der Waals surface area contributed by atoms with Crippen molar-refractivity contribution in [2.45, 2.75) is 25.7 Å². The van der Waals surface area contributed by atoms with Gasteiger partial charge in [0, 0.05) is 13.1 Å². The maximum Gasteiger partial charge on any atom is 0.272 e. The number of hydrogen-bond donors (Lipinski definition) is 2. The number of carbonyl (C=O) groups is 2. The smallest absolute Gasteiger partial charge is 0.272 e. The molecule has 10 heteroatoms. The molecule has 0 aromatic rings. The highest BCUT2D eigenvalue weighted by Gasteiger charge is 2.30. The topological polar surface area (TPSA) is 58.2 Å². The molecule has 0 aliphatic carbocycles.